The molecule has 0 bridgehead atoms. The van der Waals surface area contributed by atoms with Gasteiger partial charge in [0.15, 0.2) is 0 Å². The Bertz CT molecular complexity index is 4710. The third-order valence-electron chi connectivity index (χ3n) is 16.9. The molecule has 0 saturated carbocycles. The zero-order valence-corrected chi connectivity index (χ0v) is 45.2. The zero-order chi connectivity index (χ0) is 55.0. The van der Waals surface area contributed by atoms with Gasteiger partial charge in [0.05, 0.1) is 50.2 Å². The molecule has 0 saturated heterocycles. The summed E-state index contributed by atoms with van der Waals surface area (Å²) in [6, 6.07) is 112. The highest BCUT2D eigenvalue weighted by Gasteiger charge is 2.26. The van der Waals surface area contributed by atoms with Crippen molar-refractivity contribution in [2.24, 2.45) is 0 Å². The van der Waals surface area contributed by atoms with Gasteiger partial charge in [0.2, 0.25) is 0 Å². The second-order valence-electron chi connectivity index (χ2n) is 21.6. The third kappa shape index (κ3) is 7.98. The lowest BCUT2D eigenvalue weighted by molar-refractivity contribution is 1.08. The minimum atomic E-state index is 0.559. The summed E-state index contributed by atoms with van der Waals surface area (Å²) in [5, 5.41) is 18.9. The molecule has 16 aromatic rings. The van der Waals surface area contributed by atoms with E-state index in [-0.39, 0.29) is 0 Å². The normalized spacial score (nSPS) is 11.6. The number of benzene rings is 13. The molecular weight excluding hydrogens is 1000 g/mol. The summed E-state index contributed by atoms with van der Waals surface area (Å²) < 4.78 is 7.12. The Hall–Kier alpha value is -11.3. The highest BCUT2D eigenvalue weighted by molar-refractivity contribution is 6.15. The molecule has 0 N–H and O–H groups in total. The lowest BCUT2D eigenvalue weighted by atomic mass is 10.0. The van der Waals surface area contributed by atoms with E-state index < -0.39 is 0 Å². The van der Waals surface area contributed by atoms with Crippen molar-refractivity contribution < 1.29 is 0 Å². The van der Waals surface area contributed by atoms with Crippen molar-refractivity contribution >= 4 is 65.4 Å². The zero-order valence-electron chi connectivity index (χ0n) is 45.2. The van der Waals surface area contributed by atoms with E-state index in [0.717, 1.165) is 149 Å². The minimum Gasteiger partial charge on any atom is -0.309 e. The Labute approximate surface area is 480 Å². The van der Waals surface area contributed by atoms with Crippen LogP contribution in [0.1, 0.15) is 5.56 Å². The standard InChI is InChI=1S/C79H50N4/c80-51-71-78(82-74-39-33-60(54-23-11-3-12-24-54)45-67(74)68-46-61(34-40-75(68)82)55-25-13-4-14-26-55)49-64(81-72-37-31-58(52-19-7-1-8-20-52)43-65(72)66-44-59(32-38-73(66)81)53-21-9-2-10-22-53)50-79(71)83-76-41-35-62(56-27-15-5-16-28-56)47-69(76)70-48-63(36-42-77(70)83)57-29-17-6-18-30-57/h1-50H. The molecule has 3 aromatic heterocycles. The fraction of sp³-hybridized carbons (Fsp3) is 0. The first kappa shape index (κ1) is 47.7. The van der Waals surface area contributed by atoms with Gasteiger partial charge in [-0.05, 0) is 152 Å². The Kier molecular flexibility index (Phi) is 11.2. The van der Waals surface area contributed by atoms with Crippen molar-refractivity contribution in [1.29, 1.82) is 5.26 Å². The second-order valence-corrected chi connectivity index (χ2v) is 21.6. The monoisotopic (exact) mass is 1050 g/mol. The predicted octanol–water partition coefficient (Wildman–Crippen LogP) is 20.9. The van der Waals surface area contributed by atoms with Crippen molar-refractivity contribution in [2.45, 2.75) is 0 Å². The lowest BCUT2D eigenvalue weighted by Crippen LogP contribution is -2.07. The number of fused-ring (bicyclic) bond motifs is 9. The van der Waals surface area contributed by atoms with Crippen molar-refractivity contribution in [3.05, 3.63) is 309 Å². The minimum absolute atomic E-state index is 0.559. The summed E-state index contributed by atoms with van der Waals surface area (Å²) in [6.45, 7) is 0. The summed E-state index contributed by atoms with van der Waals surface area (Å²) >= 11 is 0. The van der Waals surface area contributed by atoms with Crippen LogP contribution in [0, 0.1) is 11.3 Å². The first-order chi connectivity index (χ1) is 41.1. The molecule has 0 fully saturated rings. The number of hydrogen-bond acceptors (Lipinski definition) is 1. The molecule has 4 heteroatoms. The van der Waals surface area contributed by atoms with E-state index >= 15 is 0 Å². The first-order valence-corrected chi connectivity index (χ1v) is 28.3. The highest BCUT2D eigenvalue weighted by atomic mass is 15.0. The van der Waals surface area contributed by atoms with Crippen molar-refractivity contribution in [2.75, 3.05) is 0 Å². The summed E-state index contributed by atoms with van der Waals surface area (Å²) in [5.74, 6) is 0. The number of aromatic nitrogens is 3. The van der Waals surface area contributed by atoms with E-state index in [4.69, 9.17) is 0 Å². The highest BCUT2D eigenvalue weighted by Crippen LogP contribution is 2.45. The molecule has 0 amide bonds. The van der Waals surface area contributed by atoms with Crippen molar-refractivity contribution in [1.82, 2.24) is 13.7 Å². The molecule has 0 unspecified atom stereocenters. The average Bonchev–Trinajstić information content (AvgIpc) is 2.97. The first-order valence-electron chi connectivity index (χ1n) is 28.3. The molecular formula is C79H50N4. The summed E-state index contributed by atoms with van der Waals surface area (Å²) in [4.78, 5) is 0. The molecule has 0 aliphatic carbocycles. The van der Waals surface area contributed by atoms with E-state index in [0.29, 0.717) is 5.56 Å². The van der Waals surface area contributed by atoms with E-state index in [9.17, 15) is 5.26 Å². The maximum atomic E-state index is 12.2. The van der Waals surface area contributed by atoms with Gasteiger partial charge in [0.1, 0.15) is 11.6 Å². The van der Waals surface area contributed by atoms with Gasteiger partial charge in [0, 0.05) is 32.3 Å². The Morgan fingerprint density at radius 1 is 0.205 bits per heavy atom. The van der Waals surface area contributed by atoms with Crippen LogP contribution < -0.4 is 0 Å². The molecule has 0 radical (unpaired) electrons. The molecule has 0 aliphatic rings. The summed E-state index contributed by atoms with van der Waals surface area (Å²) in [5.41, 5.74) is 22.9. The molecule has 16 rings (SSSR count). The van der Waals surface area contributed by atoms with Crippen LogP contribution >= 0.6 is 0 Å². The third-order valence-corrected chi connectivity index (χ3v) is 16.9. The van der Waals surface area contributed by atoms with Gasteiger partial charge >= 0.3 is 0 Å². The average molecular weight is 1060 g/mol. The molecule has 0 spiro atoms. The van der Waals surface area contributed by atoms with Gasteiger partial charge in [-0.1, -0.05) is 218 Å². The van der Waals surface area contributed by atoms with E-state index in [1.807, 2.05) is 0 Å². The van der Waals surface area contributed by atoms with Crippen LogP contribution in [0.2, 0.25) is 0 Å². The molecule has 0 atom stereocenters. The van der Waals surface area contributed by atoms with Crippen LogP contribution in [0.5, 0.6) is 0 Å². The predicted molar refractivity (Wildman–Crippen MR) is 347 cm³/mol. The van der Waals surface area contributed by atoms with Crippen LogP contribution in [0.3, 0.4) is 0 Å². The number of nitriles is 1. The largest absolute Gasteiger partial charge is 0.309 e. The summed E-state index contributed by atoms with van der Waals surface area (Å²) in [6.07, 6.45) is 0. The fourth-order valence-corrected chi connectivity index (χ4v) is 12.9. The second kappa shape index (κ2) is 19.5. The van der Waals surface area contributed by atoms with E-state index in [2.05, 4.69) is 323 Å². The van der Waals surface area contributed by atoms with Gasteiger partial charge in [-0.3, -0.25) is 0 Å². The Morgan fingerprint density at radius 3 is 0.614 bits per heavy atom. The fourth-order valence-electron chi connectivity index (χ4n) is 12.9. The van der Waals surface area contributed by atoms with Gasteiger partial charge in [-0.2, -0.15) is 5.26 Å². The van der Waals surface area contributed by atoms with Crippen LogP contribution in [0.15, 0.2) is 303 Å². The van der Waals surface area contributed by atoms with Crippen molar-refractivity contribution in [3.63, 3.8) is 0 Å². The molecule has 83 heavy (non-hydrogen) atoms. The van der Waals surface area contributed by atoms with Crippen LogP contribution in [0.4, 0.5) is 0 Å². The lowest BCUT2D eigenvalue weighted by Gasteiger charge is -2.20. The Morgan fingerprint density at radius 2 is 0.410 bits per heavy atom. The van der Waals surface area contributed by atoms with Crippen LogP contribution in [-0.4, -0.2) is 13.7 Å². The molecule has 13 aromatic carbocycles. The van der Waals surface area contributed by atoms with Gasteiger partial charge < -0.3 is 13.7 Å². The van der Waals surface area contributed by atoms with Crippen molar-refractivity contribution in [3.8, 4) is 89.9 Å². The SMILES string of the molecule is N#Cc1c(-n2c3ccc(-c4ccccc4)cc3c3cc(-c4ccccc4)ccc32)cc(-n2c3ccc(-c4ccccc4)cc3c3cc(-c4ccccc4)ccc32)cc1-n1c2ccc(-c3ccccc3)cc2c2cc(-c3ccccc3)ccc21. The number of hydrogen-bond donors (Lipinski definition) is 0. The molecule has 0 aliphatic heterocycles. The van der Waals surface area contributed by atoms with Gasteiger partial charge in [-0.25, -0.2) is 0 Å². The van der Waals surface area contributed by atoms with E-state index in [1.165, 1.54) is 0 Å². The maximum Gasteiger partial charge on any atom is 0.104 e. The van der Waals surface area contributed by atoms with Gasteiger partial charge in [0.25, 0.3) is 0 Å². The van der Waals surface area contributed by atoms with Crippen LogP contribution in [0.25, 0.3) is 149 Å². The maximum absolute atomic E-state index is 12.2. The van der Waals surface area contributed by atoms with Gasteiger partial charge in [-0.15, -0.1) is 0 Å². The summed E-state index contributed by atoms with van der Waals surface area (Å²) in [7, 11) is 0. The van der Waals surface area contributed by atoms with Crippen LogP contribution in [-0.2, 0) is 0 Å². The number of nitrogens with zero attached hydrogens (tertiary/aromatic N) is 4. The van der Waals surface area contributed by atoms with E-state index in [1.54, 1.807) is 0 Å². The molecule has 386 valence electrons. The number of rotatable bonds is 9. The quantitative estimate of drug-likeness (QED) is 0.142. The smallest absolute Gasteiger partial charge is 0.104 e. The molecule has 4 nitrogen and oxygen atoms in total. The topological polar surface area (TPSA) is 38.6 Å². The Balaban J connectivity index is 1.04. The molecule has 3 heterocycles.